The van der Waals surface area contributed by atoms with E-state index in [1.54, 1.807) is 7.11 Å². The van der Waals surface area contributed by atoms with Crippen LogP contribution >= 0.6 is 0 Å². The molecule has 1 amide bonds. The molecule has 0 saturated heterocycles. The fraction of sp³-hybridized carbons (Fsp3) is 0.588. The van der Waals surface area contributed by atoms with E-state index in [9.17, 15) is 4.79 Å². The minimum Gasteiger partial charge on any atom is -0.495 e. The number of anilines is 1. The number of rotatable bonds is 5. The highest BCUT2D eigenvalue weighted by Crippen LogP contribution is 2.24. The molecule has 0 aromatic heterocycles. The van der Waals surface area contributed by atoms with Gasteiger partial charge in [0.2, 0.25) is 0 Å². The number of likely N-dealkylation sites (N-methyl/N-ethyl adjacent to an activating group) is 1. The molecule has 1 unspecified atom stereocenters. The van der Waals surface area contributed by atoms with Crippen LogP contribution in [0.2, 0.25) is 0 Å². The van der Waals surface area contributed by atoms with Gasteiger partial charge in [-0.05, 0) is 50.3 Å². The number of hydrogen-bond acceptors (Lipinski definition) is 2. The number of benzene rings is 1. The summed E-state index contributed by atoms with van der Waals surface area (Å²) in [5.41, 5.74) is 1.87. The molecule has 1 aliphatic carbocycles. The van der Waals surface area contributed by atoms with Crippen molar-refractivity contribution in [2.75, 3.05) is 26.0 Å². The lowest BCUT2D eigenvalue weighted by molar-refractivity contribution is -0.899. The van der Waals surface area contributed by atoms with Gasteiger partial charge in [0, 0.05) is 0 Å². The Balaban J connectivity index is 1.93. The highest BCUT2D eigenvalue weighted by atomic mass is 16.5. The average molecular weight is 291 g/mol. The number of ether oxygens (including phenoxy) is 1. The van der Waals surface area contributed by atoms with Gasteiger partial charge in [-0.1, -0.05) is 12.5 Å². The second-order valence-electron chi connectivity index (χ2n) is 6.11. The zero-order valence-corrected chi connectivity index (χ0v) is 13.4. The SMILES string of the molecule is COc1ccc(C)cc1NC(=O)C[NH+](C)C1CCCCC1. The molecule has 0 radical (unpaired) electrons. The van der Waals surface area contributed by atoms with Gasteiger partial charge in [-0.25, -0.2) is 0 Å². The van der Waals surface area contributed by atoms with Crippen LogP contribution in [-0.4, -0.2) is 32.7 Å². The van der Waals surface area contributed by atoms with Crippen LogP contribution < -0.4 is 15.0 Å². The van der Waals surface area contributed by atoms with Crippen molar-refractivity contribution < 1.29 is 14.4 Å². The van der Waals surface area contributed by atoms with Crippen LogP contribution in [-0.2, 0) is 4.79 Å². The van der Waals surface area contributed by atoms with Gasteiger partial charge in [-0.2, -0.15) is 0 Å². The van der Waals surface area contributed by atoms with Crippen molar-refractivity contribution in [3.05, 3.63) is 23.8 Å². The third-order valence-corrected chi connectivity index (χ3v) is 4.37. The Bertz CT molecular complexity index is 482. The van der Waals surface area contributed by atoms with E-state index in [0.717, 1.165) is 11.3 Å². The minimum atomic E-state index is 0.0574. The maximum absolute atomic E-state index is 12.3. The van der Waals surface area contributed by atoms with E-state index < -0.39 is 0 Å². The van der Waals surface area contributed by atoms with Crippen molar-refractivity contribution >= 4 is 11.6 Å². The molecule has 1 atom stereocenters. The lowest BCUT2D eigenvalue weighted by Crippen LogP contribution is -3.14. The molecule has 1 saturated carbocycles. The fourth-order valence-electron chi connectivity index (χ4n) is 3.11. The zero-order chi connectivity index (χ0) is 15.2. The third-order valence-electron chi connectivity index (χ3n) is 4.37. The molecule has 21 heavy (non-hydrogen) atoms. The van der Waals surface area contributed by atoms with E-state index in [4.69, 9.17) is 4.74 Å². The van der Waals surface area contributed by atoms with Crippen LogP contribution in [0.1, 0.15) is 37.7 Å². The summed E-state index contributed by atoms with van der Waals surface area (Å²) in [5, 5.41) is 2.99. The van der Waals surface area contributed by atoms with Gasteiger partial charge in [-0.15, -0.1) is 0 Å². The largest absolute Gasteiger partial charge is 0.495 e. The Hall–Kier alpha value is -1.55. The highest BCUT2D eigenvalue weighted by molar-refractivity contribution is 5.93. The smallest absolute Gasteiger partial charge is 0.279 e. The number of quaternary nitrogens is 1. The second kappa shape index (κ2) is 7.46. The standard InChI is InChI=1S/C17H26N2O2/c1-13-9-10-16(21-3)15(11-13)18-17(20)12-19(2)14-7-5-4-6-8-14/h9-11,14H,4-8,12H2,1-3H3,(H,18,20)/p+1. The van der Waals surface area contributed by atoms with Crippen molar-refractivity contribution in [1.29, 1.82) is 0 Å². The summed E-state index contributed by atoms with van der Waals surface area (Å²) in [6, 6.07) is 6.45. The number of nitrogens with one attached hydrogen (secondary N) is 2. The first-order valence-electron chi connectivity index (χ1n) is 7.87. The number of methoxy groups -OCH3 is 1. The average Bonchev–Trinajstić information content (AvgIpc) is 2.48. The monoisotopic (exact) mass is 291 g/mol. The van der Waals surface area contributed by atoms with Crippen LogP contribution in [0.25, 0.3) is 0 Å². The van der Waals surface area contributed by atoms with Crippen LogP contribution in [0, 0.1) is 6.92 Å². The first-order valence-corrected chi connectivity index (χ1v) is 7.87. The zero-order valence-electron chi connectivity index (χ0n) is 13.4. The Morgan fingerprint density at radius 3 is 2.71 bits per heavy atom. The highest BCUT2D eigenvalue weighted by Gasteiger charge is 2.23. The molecule has 116 valence electrons. The van der Waals surface area contributed by atoms with Crippen LogP contribution in [0.15, 0.2) is 18.2 Å². The Labute approximate surface area is 127 Å². The first kappa shape index (κ1) is 15.8. The van der Waals surface area contributed by atoms with Crippen molar-refractivity contribution in [3.8, 4) is 5.75 Å². The molecule has 1 aromatic rings. The van der Waals surface area contributed by atoms with Gasteiger partial charge in [0.1, 0.15) is 5.75 Å². The molecule has 1 aromatic carbocycles. The molecule has 4 heteroatoms. The van der Waals surface area contributed by atoms with Gasteiger partial charge < -0.3 is 15.0 Å². The maximum atomic E-state index is 12.3. The summed E-state index contributed by atoms with van der Waals surface area (Å²) in [5.74, 6) is 0.770. The van der Waals surface area contributed by atoms with Crippen LogP contribution in [0.3, 0.4) is 0 Å². The summed E-state index contributed by atoms with van der Waals surface area (Å²) < 4.78 is 5.30. The molecule has 0 aliphatic heterocycles. The Kier molecular flexibility index (Phi) is 5.62. The van der Waals surface area contributed by atoms with Crippen LogP contribution in [0.4, 0.5) is 5.69 Å². The van der Waals surface area contributed by atoms with Gasteiger partial charge >= 0.3 is 0 Å². The fourth-order valence-corrected chi connectivity index (χ4v) is 3.11. The van der Waals surface area contributed by atoms with E-state index >= 15 is 0 Å². The molecule has 0 spiro atoms. The van der Waals surface area contributed by atoms with Crippen molar-refractivity contribution in [2.45, 2.75) is 45.1 Å². The topological polar surface area (TPSA) is 42.8 Å². The van der Waals surface area contributed by atoms with E-state index in [2.05, 4.69) is 12.4 Å². The Morgan fingerprint density at radius 2 is 2.05 bits per heavy atom. The second-order valence-corrected chi connectivity index (χ2v) is 6.11. The van der Waals surface area contributed by atoms with E-state index in [-0.39, 0.29) is 5.91 Å². The molecule has 0 heterocycles. The summed E-state index contributed by atoms with van der Waals surface area (Å²) in [4.78, 5) is 13.6. The van der Waals surface area contributed by atoms with Crippen molar-refractivity contribution in [1.82, 2.24) is 0 Å². The lowest BCUT2D eigenvalue weighted by Gasteiger charge is -2.27. The van der Waals surface area contributed by atoms with Gasteiger partial charge in [-0.3, -0.25) is 4.79 Å². The van der Waals surface area contributed by atoms with Crippen molar-refractivity contribution in [3.63, 3.8) is 0 Å². The quantitative estimate of drug-likeness (QED) is 0.868. The molecular weight excluding hydrogens is 264 g/mol. The van der Waals surface area contributed by atoms with Gasteiger partial charge in [0.25, 0.3) is 5.91 Å². The van der Waals surface area contributed by atoms with Gasteiger partial charge in [0.15, 0.2) is 6.54 Å². The number of carbonyl (C=O) groups excluding carboxylic acids is 1. The molecule has 2 rings (SSSR count). The predicted molar refractivity (Wildman–Crippen MR) is 85.0 cm³/mol. The van der Waals surface area contributed by atoms with Crippen LogP contribution in [0.5, 0.6) is 5.75 Å². The van der Waals surface area contributed by atoms with E-state index in [0.29, 0.717) is 18.3 Å². The molecule has 4 nitrogen and oxygen atoms in total. The predicted octanol–water partition coefficient (Wildman–Crippen LogP) is 1.79. The molecular formula is C17H27N2O2+. The number of aryl methyl sites for hydroxylation is 1. The normalized spacial score (nSPS) is 17.3. The number of carbonyl (C=O) groups is 1. The molecule has 1 fully saturated rings. The first-order chi connectivity index (χ1) is 10.1. The van der Waals surface area contributed by atoms with E-state index in [1.165, 1.54) is 37.0 Å². The minimum absolute atomic E-state index is 0.0574. The summed E-state index contributed by atoms with van der Waals surface area (Å²) in [6.45, 7) is 2.52. The molecule has 1 aliphatic rings. The molecule has 2 N–H and O–H groups in total. The third kappa shape index (κ3) is 4.46. The summed E-state index contributed by atoms with van der Waals surface area (Å²) >= 11 is 0. The van der Waals surface area contributed by atoms with E-state index in [1.807, 2.05) is 25.1 Å². The lowest BCUT2D eigenvalue weighted by atomic mass is 9.94. The summed E-state index contributed by atoms with van der Waals surface area (Å²) in [7, 11) is 3.75. The number of hydrogen-bond donors (Lipinski definition) is 2. The van der Waals surface area contributed by atoms with Crippen molar-refractivity contribution in [2.24, 2.45) is 0 Å². The Morgan fingerprint density at radius 1 is 1.33 bits per heavy atom. The van der Waals surface area contributed by atoms with Gasteiger partial charge in [0.05, 0.1) is 25.9 Å². The maximum Gasteiger partial charge on any atom is 0.279 e. The summed E-state index contributed by atoms with van der Waals surface area (Å²) in [6.07, 6.45) is 6.43. The molecule has 0 bridgehead atoms. The number of amides is 1.